The maximum Gasteiger partial charge on any atom is 0.420 e. The summed E-state index contributed by atoms with van der Waals surface area (Å²) in [7, 11) is 2.10. The van der Waals surface area contributed by atoms with Crippen LogP contribution >= 0.6 is 11.6 Å². The fraction of sp³-hybridized carbons (Fsp3) is 0.600. The fourth-order valence-corrected chi connectivity index (χ4v) is 7.90. The van der Waals surface area contributed by atoms with Gasteiger partial charge in [0.25, 0.3) is 5.91 Å². The van der Waals surface area contributed by atoms with Crippen molar-refractivity contribution in [1.29, 1.82) is 0 Å². The van der Waals surface area contributed by atoms with Gasteiger partial charge in [0.2, 0.25) is 0 Å². The van der Waals surface area contributed by atoms with Crippen LogP contribution in [0, 0.1) is 0 Å². The summed E-state index contributed by atoms with van der Waals surface area (Å²) in [6.07, 6.45) is -4.85. The first kappa shape index (κ1) is 36.5. The minimum atomic E-state index is -4.88. The van der Waals surface area contributed by atoms with Gasteiger partial charge in [0.1, 0.15) is 5.75 Å². The molecule has 2 atom stereocenters. The number of carbonyl (C=O) groups is 2. The molecule has 15 heteroatoms. The standard InChI is InChI=1S/C35H46ClF3N6O5/c1-41-16-18-42(19-17-41)25-7-11-43(12-8-25)32(47)30(22-23-20-27(35(37,38)39)31(46)28(36)21-23)50-34(49)44-13-9-26(10-14-44)45-15-6-24-4-2-3-5-29(24)40-33(45)48/h2-5,20-21,25-26,30,33,40,46,48H,6-19,22H2,1H3/t30-,33?/m1/s1. The Morgan fingerprint density at radius 2 is 1.58 bits per heavy atom. The quantitative estimate of drug-likeness (QED) is 0.407. The number of amides is 2. The van der Waals surface area contributed by atoms with Gasteiger partial charge >= 0.3 is 12.3 Å². The molecule has 1 unspecified atom stereocenters. The molecule has 4 aliphatic rings. The summed E-state index contributed by atoms with van der Waals surface area (Å²) in [5.74, 6) is -1.56. The van der Waals surface area contributed by atoms with Crippen LogP contribution in [0.4, 0.5) is 23.7 Å². The summed E-state index contributed by atoms with van der Waals surface area (Å²) >= 11 is 5.99. The molecule has 0 saturated carbocycles. The number of benzene rings is 2. The number of hydrogen-bond acceptors (Lipinski definition) is 9. The summed E-state index contributed by atoms with van der Waals surface area (Å²) in [4.78, 5) is 37.4. The molecular formula is C35H46ClF3N6O5. The molecule has 2 aromatic carbocycles. The number of alkyl halides is 3. The normalized spacial score (nSPS) is 22.8. The van der Waals surface area contributed by atoms with E-state index in [0.29, 0.717) is 51.6 Å². The molecule has 3 N–H and O–H groups in total. The summed E-state index contributed by atoms with van der Waals surface area (Å²) in [6.45, 7) is 6.02. The molecule has 0 radical (unpaired) electrons. The highest BCUT2D eigenvalue weighted by Crippen LogP contribution is 2.40. The van der Waals surface area contributed by atoms with E-state index in [9.17, 15) is 33.0 Å². The minimum absolute atomic E-state index is 0.00480. The van der Waals surface area contributed by atoms with Crippen molar-refractivity contribution in [3.05, 3.63) is 58.1 Å². The second kappa shape index (κ2) is 15.5. The molecule has 2 amide bonds. The van der Waals surface area contributed by atoms with E-state index in [1.165, 1.54) is 11.0 Å². The van der Waals surface area contributed by atoms with Gasteiger partial charge < -0.3 is 35.0 Å². The highest BCUT2D eigenvalue weighted by molar-refractivity contribution is 6.32. The van der Waals surface area contributed by atoms with E-state index in [1.54, 1.807) is 4.90 Å². The zero-order valence-electron chi connectivity index (χ0n) is 28.2. The third-order valence-electron chi connectivity index (χ3n) is 10.6. The molecule has 0 spiro atoms. The Morgan fingerprint density at radius 3 is 2.26 bits per heavy atom. The number of aliphatic hydroxyl groups is 1. The third-order valence-corrected chi connectivity index (χ3v) is 10.9. The lowest BCUT2D eigenvalue weighted by Crippen LogP contribution is -2.55. The van der Waals surface area contributed by atoms with Crippen molar-refractivity contribution >= 4 is 29.3 Å². The predicted molar refractivity (Wildman–Crippen MR) is 182 cm³/mol. The van der Waals surface area contributed by atoms with Crippen molar-refractivity contribution in [2.75, 3.05) is 71.3 Å². The van der Waals surface area contributed by atoms with E-state index in [1.807, 2.05) is 29.2 Å². The molecule has 2 aromatic rings. The second-order valence-corrected chi connectivity index (χ2v) is 14.2. The number of nitrogens with zero attached hydrogens (tertiary/aromatic N) is 5. The highest BCUT2D eigenvalue weighted by Gasteiger charge is 2.39. The first-order valence-corrected chi connectivity index (χ1v) is 17.8. The van der Waals surface area contributed by atoms with E-state index >= 15 is 0 Å². The number of fused-ring (bicyclic) bond motifs is 1. The number of likely N-dealkylation sites (N-methyl/N-ethyl adjacent to an activating group) is 1. The first-order valence-electron chi connectivity index (χ1n) is 17.4. The summed E-state index contributed by atoms with van der Waals surface area (Å²) in [5, 5.41) is 23.6. The van der Waals surface area contributed by atoms with E-state index in [0.717, 1.165) is 62.8 Å². The van der Waals surface area contributed by atoms with Crippen LogP contribution in [0.15, 0.2) is 36.4 Å². The van der Waals surface area contributed by atoms with Gasteiger partial charge in [0, 0.05) is 83.1 Å². The number of phenols is 1. The van der Waals surface area contributed by atoms with E-state index in [4.69, 9.17) is 16.3 Å². The van der Waals surface area contributed by atoms with Crippen molar-refractivity contribution in [1.82, 2.24) is 24.5 Å². The van der Waals surface area contributed by atoms with Crippen molar-refractivity contribution in [2.24, 2.45) is 0 Å². The Morgan fingerprint density at radius 1 is 0.940 bits per heavy atom. The Labute approximate surface area is 295 Å². The van der Waals surface area contributed by atoms with Gasteiger partial charge in [-0.25, -0.2) is 4.79 Å². The number of anilines is 1. The smallest absolute Gasteiger partial charge is 0.420 e. The molecule has 0 aliphatic carbocycles. The lowest BCUT2D eigenvalue weighted by molar-refractivity contribution is -0.142. The number of ether oxygens (including phenoxy) is 1. The number of rotatable bonds is 6. The summed E-state index contributed by atoms with van der Waals surface area (Å²) < 4.78 is 47.0. The molecule has 4 heterocycles. The van der Waals surface area contributed by atoms with Gasteiger partial charge in [-0.2, -0.15) is 13.2 Å². The van der Waals surface area contributed by atoms with Crippen molar-refractivity contribution in [2.45, 2.75) is 69.2 Å². The van der Waals surface area contributed by atoms with E-state index < -0.39 is 47.0 Å². The molecule has 50 heavy (non-hydrogen) atoms. The maximum atomic E-state index is 14.0. The molecule has 0 bridgehead atoms. The molecule has 4 aliphatic heterocycles. The average molecular weight is 723 g/mol. The number of piperazine rings is 1. The van der Waals surface area contributed by atoms with Gasteiger partial charge in [0.15, 0.2) is 12.5 Å². The van der Waals surface area contributed by atoms with Crippen LogP contribution < -0.4 is 5.32 Å². The predicted octanol–water partition coefficient (Wildman–Crippen LogP) is 4.06. The first-order chi connectivity index (χ1) is 23.9. The second-order valence-electron chi connectivity index (χ2n) is 13.8. The lowest BCUT2D eigenvalue weighted by atomic mass is 9.99. The maximum absolute atomic E-state index is 14.0. The molecule has 274 valence electrons. The van der Waals surface area contributed by atoms with Crippen LogP contribution in [0.3, 0.4) is 0 Å². The van der Waals surface area contributed by atoms with Gasteiger partial charge in [-0.15, -0.1) is 0 Å². The Hall–Kier alpha value is -3.30. The topological polar surface area (TPSA) is 112 Å². The number of likely N-dealkylation sites (tertiary alicyclic amines) is 2. The molecule has 6 rings (SSSR count). The Bertz CT molecular complexity index is 1510. The number of halogens is 4. The number of para-hydroxylation sites is 1. The highest BCUT2D eigenvalue weighted by atomic mass is 35.5. The van der Waals surface area contributed by atoms with Crippen LogP contribution in [-0.2, 0) is 28.5 Å². The zero-order chi connectivity index (χ0) is 35.6. The van der Waals surface area contributed by atoms with Gasteiger partial charge in [-0.3, -0.25) is 14.6 Å². The number of piperidine rings is 2. The molecule has 11 nitrogen and oxygen atoms in total. The average Bonchev–Trinajstić information content (AvgIpc) is 3.27. The van der Waals surface area contributed by atoms with Gasteiger partial charge in [-0.05, 0) is 68.5 Å². The van der Waals surface area contributed by atoms with Gasteiger partial charge in [0.05, 0.1) is 10.6 Å². The molecule has 3 fully saturated rings. The third kappa shape index (κ3) is 8.42. The number of hydrogen-bond donors (Lipinski definition) is 3. The Kier molecular flexibility index (Phi) is 11.3. The number of nitrogens with one attached hydrogen (secondary N) is 1. The van der Waals surface area contributed by atoms with Gasteiger partial charge in [-0.1, -0.05) is 29.8 Å². The number of phenolic OH excluding ortho intramolecular Hbond substituents is 1. The van der Waals surface area contributed by atoms with Crippen LogP contribution in [0.1, 0.15) is 42.4 Å². The van der Waals surface area contributed by atoms with Crippen molar-refractivity contribution in [3.63, 3.8) is 0 Å². The van der Waals surface area contributed by atoms with E-state index in [2.05, 4.69) is 22.2 Å². The molecule has 3 saturated heterocycles. The van der Waals surface area contributed by atoms with E-state index in [-0.39, 0.29) is 18.0 Å². The zero-order valence-corrected chi connectivity index (χ0v) is 29.0. The SMILES string of the molecule is CN1CCN(C2CCN(C(=O)[C@@H](Cc3cc(Cl)c(O)c(C(F)(F)F)c3)OC(=O)N3CCC(N4CCc5ccccc5NC4O)CC3)CC2)CC1. The number of aliphatic hydroxyl groups excluding tert-OH is 1. The van der Waals surface area contributed by atoms with Crippen LogP contribution in [0.25, 0.3) is 0 Å². The molecule has 0 aromatic heterocycles. The lowest BCUT2D eigenvalue weighted by Gasteiger charge is -2.42. The van der Waals surface area contributed by atoms with Crippen LogP contribution in [0.5, 0.6) is 5.75 Å². The van der Waals surface area contributed by atoms with Crippen LogP contribution in [0.2, 0.25) is 5.02 Å². The largest absolute Gasteiger partial charge is 0.506 e. The summed E-state index contributed by atoms with van der Waals surface area (Å²) in [5.41, 5.74) is 0.702. The van der Waals surface area contributed by atoms with Crippen LogP contribution in [-0.4, -0.2) is 137 Å². The Balaban J connectivity index is 1.12. The van der Waals surface area contributed by atoms with Crippen molar-refractivity contribution in [3.8, 4) is 5.75 Å². The summed E-state index contributed by atoms with van der Waals surface area (Å²) in [6, 6.07) is 10.1. The minimum Gasteiger partial charge on any atom is -0.506 e. The van der Waals surface area contributed by atoms with Crippen molar-refractivity contribution < 1.29 is 37.7 Å². The number of aromatic hydroxyl groups is 1. The fourth-order valence-electron chi connectivity index (χ4n) is 7.66. The molecular weight excluding hydrogens is 677 g/mol. The monoisotopic (exact) mass is 722 g/mol. The number of carbonyl (C=O) groups excluding carboxylic acids is 2.